The van der Waals surface area contributed by atoms with Crippen molar-refractivity contribution in [2.45, 2.75) is 24.5 Å². The number of anilines is 1. The number of hydrogen-bond acceptors (Lipinski definition) is 4. The lowest BCUT2D eigenvalue weighted by molar-refractivity contribution is 0.0303. The summed E-state index contributed by atoms with van der Waals surface area (Å²) >= 11 is 6.20. The third-order valence-electron chi connectivity index (χ3n) is 5.82. The van der Waals surface area contributed by atoms with E-state index in [4.69, 9.17) is 11.6 Å². The van der Waals surface area contributed by atoms with Crippen molar-refractivity contribution in [2.24, 2.45) is 11.8 Å². The van der Waals surface area contributed by atoms with Gasteiger partial charge in [-0.25, -0.2) is 0 Å². The van der Waals surface area contributed by atoms with E-state index in [1.54, 1.807) is 42.6 Å². The maximum absolute atomic E-state index is 12.4. The van der Waals surface area contributed by atoms with Gasteiger partial charge in [0.25, 0.3) is 10.2 Å². The summed E-state index contributed by atoms with van der Waals surface area (Å²) in [5.41, 5.74) is 1.01. The van der Waals surface area contributed by atoms with Crippen LogP contribution >= 0.6 is 11.6 Å². The van der Waals surface area contributed by atoms with E-state index < -0.39 is 15.8 Å². The van der Waals surface area contributed by atoms with Gasteiger partial charge in [0.15, 0.2) is 0 Å². The van der Waals surface area contributed by atoms with E-state index in [0.717, 1.165) is 16.5 Å². The van der Waals surface area contributed by atoms with Gasteiger partial charge in [-0.15, -0.1) is 0 Å². The summed E-state index contributed by atoms with van der Waals surface area (Å²) in [5.74, 6) is 0.191. The molecule has 9 heteroatoms. The molecule has 5 rings (SSSR count). The molecule has 1 aromatic heterocycles. The maximum Gasteiger partial charge on any atom is 0.299 e. The smallest absolute Gasteiger partial charge is 0.299 e. The zero-order valence-electron chi connectivity index (χ0n) is 14.8. The number of aliphatic hydroxyl groups is 1. The summed E-state index contributed by atoms with van der Waals surface area (Å²) < 4.78 is 30.0. The largest absolute Gasteiger partial charge is 0.385 e. The number of nitrogens with one attached hydrogen (secondary N) is 3. The van der Waals surface area contributed by atoms with E-state index in [1.165, 1.54) is 0 Å². The Morgan fingerprint density at radius 3 is 2.61 bits per heavy atom. The lowest BCUT2D eigenvalue weighted by Crippen LogP contribution is -2.36. The van der Waals surface area contributed by atoms with Gasteiger partial charge >= 0.3 is 0 Å². The highest BCUT2D eigenvalue weighted by Gasteiger charge is 2.62. The van der Waals surface area contributed by atoms with Crippen molar-refractivity contribution in [2.75, 3.05) is 4.72 Å². The van der Waals surface area contributed by atoms with Gasteiger partial charge in [0.1, 0.15) is 0 Å². The summed E-state index contributed by atoms with van der Waals surface area (Å²) in [6.07, 6.45) is 2.65. The van der Waals surface area contributed by atoms with Crippen LogP contribution in [0.2, 0.25) is 5.02 Å². The maximum atomic E-state index is 12.4. The number of fused-ring (bicyclic) bond motifs is 2. The van der Waals surface area contributed by atoms with Crippen LogP contribution in [0.3, 0.4) is 0 Å². The van der Waals surface area contributed by atoms with Crippen molar-refractivity contribution in [3.05, 3.63) is 59.2 Å². The first-order valence-electron chi connectivity index (χ1n) is 9.05. The Kier molecular flexibility index (Phi) is 3.96. The van der Waals surface area contributed by atoms with E-state index in [2.05, 4.69) is 19.6 Å². The molecule has 28 heavy (non-hydrogen) atoms. The highest BCUT2D eigenvalue weighted by molar-refractivity contribution is 7.90. The molecular weight excluding hydrogens is 400 g/mol. The minimum Gasteiger partial charge on any atom is -0.385 e. The molecule has 0 spiro atoms. The van der Waals surface area contributed by atoms with E-state index in [9.17, 15) is 13.5 Å². The Morgan fingerprint density at radius 2 is 1.89 bits per heavy atom. The number of H-pyrrole nitrogens is 1. The van der Waals surface area contributed by atoms with Crippen molar-refractivity contribution < 1.29 is 13.5 Å². The Morgan fingerprint density at radius 1 is 1.18 bits per heavy atom. The molecule has 0 aliphatic heterocycles. The van der Waals surface area contributed by atoms with E-state index in [-0.39, 0.29) is 17.9 Å². The van der Waals surface area contributed by atoms with E-state index in [1.807, 2.05) is 6.07 Å². The molecule has 2 aromatic carbocycles. The second-order valence-electron chi connectivity index (χ2n) is 7.67. The number of para-hydroxylation sites is 1. The van der Waals surface area contributed by atoms with Gasteiger partial charge in [-0.2, -0.15) is 18.2 Å². The SMILES string of the molecule is O=S(=O)(Nc1ccccc1)NC1[C@H]2CC(O)(c3cc(Cl)cc4[nH]ncc34)C[C@@H]12. The van der Waals surface area contributed by atoms with Crippen molar-refractivity contribution >= 4 is 38.4 Å². The monoisotopic (exact) mass is 418 g/mol. The number of rotatable bonds is 5. The Hall–Kier alpha value is -2.13. The Labute approximate surface area is 167 Å². The first-order valence-corrected chi connectivity index (χ1v) is 10.9. The first-order chi connectivity index (χ1) is 13.3. The van der Waals surface area contributed by atoms with E-state index in [0.29, 0.717) is 23.6 Å². The quantitative estimate of drug-likeness (QED) is 0.511. The van der Waals surface area contributed by atoms with Crippen LogP contribution in [0.1, 0.15) is 18.4 Å². The molecule has 3 aromatic rings. The molecule has 1 heterocycles. The lowest BCUT2D eigenvalue weighted by atomic mass is 9.86. The zero-order chi connectivity index (χ0) is 19.5. The number of hydrogen-bond donors (Lipinski definition) is 4. The van der Waals surface area contributed by atoms with Crippen LogP contribution in [0, 0.1) is 11.8 Å². The van der Waals surface area contributed by atoms with Gasteiger partial charge in [0, 0.05) is 22.1 Å². The predicted octanol–water partition coefficient (Wildman–Crippen LogP) is 2.76. The molecule has 0 amide bonds. The number of benzene rings is 2. The molecule has 2 saturated carbocycles. The summed E-state index contributed by atoms with van der Waals surface area (Å²) in [6, 6.07) is 12.1. The Bertz CT molecular complexity index is 1140. The molecular formula is C19H19ClN4O3S. The van der Waals surface area contributed by atoms with Crippen LogP contribution in [-0.4, -0.2) is 29.8 Å². The van der Waals surface area contributed by atoms with Gasteiger partial charge in [-0.3, -0.25) is 9.82 Å². The van der Waals surface area contributed by atoms with Gasteiger partial charge in [-0.05, 0) is 54.5 Å². The zero-order valence-corrected chi connectivity index (χ0v) is 16.3. The molecule has 0 radical (unpaired) electrons. The van der Waals surface area contributed by atoms with Crippen LogP contribution < -0.4 is 9.44 Å². The second-order valence-corrected chi connectivity index (χ2v) is 9.55. The molecule has 2 aliphatic carbocycles. The van der Waals surface area contributed by atoms with Gasteiger partial charge in [0.2, 0.25) is 0 Å². The molecule has 4 atom stereocenters. The molecule has 0 bridgehead atoms. The topological polar surface area (TPSA) is 107 Å². The standard InChI is InChI=1S/C19H19ClN4O3S/c20-11-6-16(15-10-21-22-17(15)7-11)19(25)8-13-14(9-19)18(13)24-28(26,27)23-12-4-2-1-3-5-12/h1-7,10,13-14,18,23-25H,8-9H2,(H,21,22)/t13-,14+,18?,19?. The van der Waals surface area contributed by atoms with Crippen molar-refractivity contribution in [1.29, 1.82) is 0 Å². The van der Waals surface area contributed by atoms with Crippen LogP contribution in [0.15, 0.2) is 48.7 Å². The summed E-state index contributed by atoms with van der Waals surface area (Å²) in [6.45, 7) is 0. The minimum absolute atomic E-state index is 0.0956. The van der Waals surface area contributed by atoms with E-state index >= 15 is 0 Å². The van der Waals surface area contributed by atoms with Crippen LogP contribution in [0.4, 0.5) is 5.69 Å². The first kappa shape index (κ1) is 17.9. The molecule has 4 N–H and O–H groups in total. The fourth-order valence-electron chi connectivity index (χ4n) is 4.53. The summed E-state index contributed by atoms with van der Waals surface area (Å²) in [4.78, 5) is 0. The fraction of sp³-hybridized carbons (Fsp3) is 0.316. The van der Waals surface area contributed by atoms with Crippen molar-refractivity contribution in [3.8, 4) is 0 Å². The van der Waals surface area contributed by atoms with Crippen molar-refractivity contribution in [3.63, 3.8) is 0 Å². The number of nitrogens with zero attached hydrogens (tertiary/aromatic N) is 1. The van der Waals surface area contributed by atoms with Gasteiger partial charge < -0.3 is 5.11 Å². The highest BCUT2D eigenvalue weighted by Crippen LogP contribution is 2.60. The highest BCUT2D eigenvalue weighted by atomic mass is 35.5. The summed E-state index contributed by atoms with van der Waals surface area (Å²) in [7, 11) is -3.67. The third kappa shape index (κ3) is 3.06. The number of halogens is 1. The molecule has 2 unspecified atom stereocenters. The van der Waals surface area contributed by atoms with Crippen LogP contribution in [0.5, 0.6) is 0 Å². The molecule has 7 nitrogen and oxygen atoms in total. The summed E-state index contributed by atoms with van der Waals surface area (Å²) in [5, 5.41) is 19.6. The lowest BCUT2D eigenvalue weighted by Gasteiger charge is -2.27. The number of aromatic nitrogens is 2. The third-order valence-corrected chi connectivity index (χ3v) is 7.13. The fourth-order valence-corrected chi connectivity index (χ4v) is 5.96. The van der Waals surface area contributed by atoms with Gasteiger partial charge in [0.05, 0.1) is 17.3 Å². The normalized spacial score (nSPS) is 29.0. The van der Waals surface area contributed by atoms with Crippen LogP contribution in [-0.2, 0) is 15.8 Å². The van der Waals surface area contributed by atoms with Crippen LogP contribution in [0.25, 0.3) is 10.9 Å². The average Bonchev–Trinajstić information content (AvgIpc) is 3.03. The molecule has 0 saturated heterocycles. The minimum atomic E-state index is -3.67. The predicted molar refractivity (Wildman–Crippen MR) is 107 cm³/mol. The Balaban J connectivity index is 1.31. The molecule has 2 fully saturated rings. The van der Waals surface area contributed by atoms with Gasteiger partial charge in [-0.1, -0.05) is 29.8 Å². The second kappa shape index (κ2) is 6.18. The molecule has 146 valence electrons. The average molecular weight is 419 g/mol. The number of aromatic amines is 1. The van der Waals surface area contributed by atoms with Crippen molar-refractivity contribution in [1.82, 2.24) is 14.9 Å². The molecule has 2 aliphatic rings.